The molecule has 0 N–H and O–H groups in total. The van der Waals surface area contributed by atoms with Crippen molar-refractivity contribution in [2.45, 2.75) is 90.4 Å². The molecule has 0 bridgehead atoms. The minimum atomic E-state index is -0.453. The second kappa shape index (κ2) is 11.9. The minimum absolute atomic E-state index is 0.0853. The smallest absolute Gasteiger partial charge is 0.306 e. The molecular weight excluding hydrogens is 468 g/mol. The number of ether oxygens (including phenoxy) is 3. The number of carbonyl (C=O) groups is 1. The van der Waals surface area contributed by atoms with Gasteiger partial charge in [-0.05, 0) is 71.8 Å². The molecule has 1 aliphatic carbocycles. The van der Waals surface area contributed by atoms with E-state index in [1.807, 2.05) is 58.0 Å². The van der Waals surface area contributed by atoms with E-state index in [1.54, 1.807) is 7.11 Å². The van der Waals surface area contributed by atoms with Crippen molar-refractivity contribution in [1.82, 2.24) is 9.97 Å². The lowest BCUT2D eigenvalue weighted by atomic mass is 9.89. The molecule has 37 heavy (non-hydrogen) atoms. The highest BCUT2D eigenvalue weighted by molar-refractivity contribution is 5.99. The predicted molar refractivity (Wildman–Crippen MR) is 144 cm³/mol. The Balaban J connectivity index is 1.55. The fourth-order valence-electron chi connectivity index (χ4n) is 4.69. The van der Waals surface area contributed by atoms with Crippen LogP contribution in [0.2, 0.25) is 0 Å². The molecule has 1 aromatic carbocycles. The first-order valence-corrected chi connectivity index (χ1v) is 13.2. The fraction of sp³-hybridized carbons (Fsp3) is 0.500. The van der Waals surface area contributed by atoms with Gasteiger partial charge >= 0.3 is 5.97 Å². The van der Waals surface area contributed by atoms with E-state index >= 15 is 0 Å². The Bertz CT molecular complexity index is 1230. The van der Waals surface area contributed by atoms with E-state index in [0.29, 0.717) is 18.0 Å². The quantitative estimate of drug-likeness (QED) is 0.213. The number of carbonyl (C=O) groups excluding carboxylic acids is 1. The third kappa shape index (κ3) is 6.98. The van der Waals surface area contributed by atoms with Crippen LogP contribution in [0, 0.1) is 0 Å². The zero-order valence-corrected chi connectivity index (χ0v) is 22.6. The minimum Gasteiger partial charge on any atom is -0.474 e. The number of esters is 1. The SMILES string of the molecule is COC1CC=C(c2c(-c3ccccc3)oc3ncnc(OC(C)CCCCC(=O)OC(C)(C)C)c23)CC1. The number of hydrogen-bond donors (Lipinski definition) is 0. The lowest BCUT2D eigenvalue weighted by Gasteiger charge is -2.21. The molecule has 0 amide bonds. The van der Waals surface area contributed by atoms with Gasteiger partial charge in [-0.1, -0.05) is 36.4 Å². The van der Waals surface area contributed by atoms with E-state index in [1.165, 1.54) is 11.9 Å². The first-order valence-electron chi connectivity index (χ1n) is 13.2. The standard InChI is InChI=1S/C30H38N2O5/c1-20(11-9-10-14-24(33)37-30(2,3)4)35-28-26-25(21-15-17-23(34-5)18-16-21)27(22-12-7-6-8-13-22)36-29(26)32-19-31-28/h6-8,12-13,15,19-20,23H,9-11,14,16-18H2,1-5H3. The average Bonchev–Trinajstić information content (AvgIpc) is 3.27. The number of rotatable bonds is 10. The Morgan fingerprint density at radius 3 is 2.62 bits per heavy atom. The lowest BCUT2D eigenvalue weighted by Crippen LogP contribution is -2.23. The number of unbranched alkanes of at least 4 members (excludes halogenated alkanes) is 1. The topological polar surface area (TPSA) is 83.7 Å². The number of benzene rings is 1. The molecule has 2 aromatic heterocycles. The molecule has 2 heterocycles. The average molecular weight is 507 g/mol. The molecule has 2 atom stereocenters. The molecule has 4 rings (SSSR count). The molecule has 0 radical (unpaired) electrons. The molecule has 0 spiro atoms. The van der Waals surface area contributed by atoms with Crippen molar-refractivity contribution in [3.8, 4) is 17.2 Å². The summed E-state index contributed by atoms with van der Waals surface area (Å²) in [6.07, 6.45) is 9.36. The molecule has 0 saturated carbocycles. The monoisotopic (exact) mass is 506 g/mol. The van der Waals surface area contributed by atoms with Crippen molar-refractivity contribution in [3.05, 3.63) is 48.3 Å². The largest absolute Gasteiger partial charge is 0.474 e. The Morgan fingerprint density at radius 1 is 1.16 bits per heavy atom. The van der Waals surface area contributed by atoms with Crippen LogP contribution in [0.3, 0.4) is 0 Å². The summed E-state index contributed by atoms with van der Waals surface area (Å²) in [5, 5.41) is 0.809. The highest BCUT2D eigenvalue weighted by Crippen LogP contribution is 2.43. The molecule has 0 fully saturated rings. The summed E-state index contributed by atoms with van der Waals surface area (Å²) in [7, 11) is 1.76. The molecule has 1 aliphatic rings. The molecule has 2 unspecified atom stereocenters. The summed E-state index contributed by atoms with van der Waals surface area (Å²) in [4.78, 5) is 21.0. The van der Waals surface area contributed by atoms with Crippen LogP contribution in [0.1, 0.15) is 78.2 Å². The third-order valence-corrected chi connectivity index (χ3v) is 6.48. The highest BCUT2D eigenvalue weighted by atomic mass is 16.6. The van der Waals surface area contributed by atoms with Gasteiger partial charge in [0.2, 0.25) is 11.6 Å². The number of aromatic nitrogens is 2. The van der Waals surface area contributed by atoms with Gasteiger partial charge in [-0.25, -0.2) is 9.97 Å². The van der Waals surface area contributed by atoms with E-state index in [4.69, 9.17) is 18.6 Å². The van der Waals surface area contributed by atoms with E-state index in [2.05, 4.69) is 16.0 Å². The summed E-state index contributed by atoms with van der Waals surface area (Å²) in [6.45, 7) is 7.68. The van der Waals surface area contributed by atoms with Crippen LogP contribution in [-0.4, -0.2) is 40.9 Å². The predicted octanol–water partition coefficient (Wildman–Crippen LogP) is 7.14. The molecule has 7 heteroatoms. The van der Waals surface area contributed by atoms with Gasteiger partial charge < -0.3 is 18.6 Å². The van der Waals surface area contributed by atoms with Crippen LogP contribution in [-0.2, 0) is 14.3 Å². The molecule has 198 valence electrons. The van der Waals surface area contributed by atoms with E-state index in [9.17, 15) is 4.79 Å². The maximum Gasteiger partial charge on any atom is 0.306 e. The summed E-state index contributed by atoms with van der Waals surface area (Å²) < 4.78 is 23.7. The highest BCUT2D eigenvalue weighted by Gasteiger charge is 2.27. The Kier molecular flexibility index (Phi) is 8.64. The maximum absolute atomic E-state index is 12.0. The van der Waals surface area contributed by atoms with Gasteiger partial charge in [0.15, 0.2) is 0 Å². The van der Waals surface area contributed by atoms with Crippen molar-refractivity contribution in [3.63, 3.8) is 0 Å². The van der Waals surface area contributed by atoms with Crippen LogP contribution in [0.5, 0.6) is 5.88 Å². The Hall–Kier alpha value is -3.19. The van der Waals surface area contributed by atoms with Crippen LogP contribution >= 0.6 is 0 Å². The molecule has 3 aromatic rings. The lowest BCUT2D eigenvalue weighted by molar-refractivity contribution is -0.154. The van der Waals surface area contributed by atoms with E-state index in [-0.39, 0.29) is 18.2 Å². The van der Waals surface area contributed by atoms with Gasteiger partial charge in [-0.15, -0.1) is 0 Å². The summed E-state index contributed by atoms with van der Waals surface area (Å²) in [5.41, 5.74) is 3.27. The van der Waals surface area contributed by atoms with Crippen molar-refractivity contribution in [2.24, 2.45) is 0 Å². The van der Waals surface area contributed by atoms with Gasteiger partial charge in [0.25, 0.3) is 0 Å². The first kappa shape index (κ1) is 26.9. The number of methoxy groups -OCH3 is 1. The fourth-order valence-corrected chi connectivity index (χ4v) is 4.69. The summed E-state index contributed by atoms with van der Waals surface area (Å²) in [6, 6.07) is 10.1. The molecule has 0 saturated heterocycles. The van der Waals surface area contributed by atoms with Gasteiger partial charge in [0, 0.05) is 24.7 Å². The molecular formula is C30H38N2O5. The molecule has 7 nitrogen and oxygen atoms in total. The first-order chi connectivity index (χ1) is 17.7. The maximum atomic E-state index is 12.0. The van der Waals surface area contributed by atoms with Gasteiger partial charge in [0.1, 0.15) is 23.1 Å². The summed E-state index contributed by atoms with van der Waals surface area (Å²) in [5.74, 6) is 1.15. The van der Waals surface area contributed by atoms with E-state index in [0.717, 1.165) is 60.8 Å². The third-order valence-electron chi connectivity index (χ3n) is 6.48. The van der Waals surface area contributed by atoms with Gasteiger partial charge in [-0.2, -0.15) is 0 Å². The number of allylic oxidation sites excluding steroid dienone is 1. The second-order valence-corrected chi connectivity index (χ2v) is 10.7. The van der Waals surface area contributed by atoms with Crippen LogP contribution in [0.4, 0.5) is 0 Å². The zero-order valence-electron chi connectivity index (χ0n) is 22.6. The van der Waals surface area contributed by atoms with Crippen molar-refractivity contribution in [1.29, 1.82) is 0 Å². The van der Waals surface area contributed by atoms with Crippen molar-refractivity contribution in [2.75, 3.05) is 7.11 Å². The van der Waals surface area contributed by atoms with Crippen molar-refractivity contribution < 1.29 is 23.4 Å². The normalized spacial score (nSPS) is 16.9. The Labute approximate surface area is 219 Å². The Morgan fingerprint density at radius 2 is 1.95 bits per heavy atom. The number of hydrogen-bond acceptors (Lipinski definition) is 7. The number of fused-ring (bicyclic) bond motifs is 1. The number of furan rings is 1. The van der Waals surface area contributed by atoms with Gasteiger partial charge in [0.05, 0.1) is 12.2 Å². The van der Waals surface area contributed by atoms with Crippen LogP contribution < -0.4 is 4.74 Å². The number of nitrogens with zero attached hydrogens (tertiary/aromatic N) is 2. The van der Waals surface area contributed by atoms with Crippen molar-refractivity contribution >= 4 is 22.6 Å². The second-order valence-electron chi connectivity index (χ2n) is 10.7. The van der Waals surface area contributed by atoms with Crippen LogP contribution in [0.15, 0.2) is 47.2 Å². The molecule has 0 aliphatic heterocycles. The zero-order chi connectivity index (χ0) is 26.4. The van der Waals surface area contributed by atoms with Gasteiger partial charge in [-0.3, -0.25) is 4.79 Å². The van der Waals surface area contributed by atoms with E-state index < -0.39 is 5.60 Å². The van der Waals surface area contributed by atoms with Crippen LogP contribution in [0.25, 0.3) is 28.0 Å². The summed E-state index contributed by atoms with van der Waals surface area (Å²) >= 11 is 0.